The standard InChI is InChI=1S/C11H19N3O/c1-7(2)10(6-15)14-11-9(12)5-4-8(3)13-11/h4-5,7,10,15H,6,12H2,1-3H3,(H,13,14)/t10-/m1/s1. The molecule has 0 fully saturated rings. The number of anilines is 2. The maximum absolute atomic E-state index is 9.19. The van der Waals surface area contributed by atoms with E-state index in [1.54, 1.807) is 0 Å². The number of nitrogens with one attached hydrogen (secondary N) is 1. The van der Waals surface area contributed by atoms with Gasteiger partial charge in [0.25, 0.3) is 0 Å². The van der Waals surface area contributed by atoms with Gasteiger partial charge < -0.3 is 16.2 Å². The molecule has 1 aromatic heterocycles. The lowest BCUT2D eigenvalue weighted by Gasteiger charge is -2.21. The van der Waals surface area contributed by atoms with Gasteiger partial charge in [0, 0.05) is 5.69 Å². The number of aliphatic hydroxyl groups is 1. The first-order valence-electron chi connectivity index (χ1n) is 5.15. The lowest BCUT2D eigenvalue weighted by atomic mass is 10.1. The van der Waals surface area contributed by atoms with Gasteiger partial charge in [0.1, 0.15) is 5.82 Å². The van der Waals surface area contributed by atoms with Crippen molar-refractivity contribution in [1.82, 2.24) is 4.98 Å². The molecule has 0 radical (unpaired) electrons. The molecule has 84 valence electrons. The molecule has 0 amide bonds. The summed E-state index contributed by atoms with van der Waals surface area (Å²) in [5.41, 5.74) is 7.31. The van der Waals surface area contributed by atoms with Crippen molar-refractivity contribution >= 4 is 11.5 Å². The molecule has 0 aliphatic rings. The lowest BCUT2D eigenvalue weighted by Crippen LogP contribution is -2.30. The summed E-state index contributed by atoms with van der Waals surface area (Å²) < 4.78 is 0. The van der Waals surface area contributed by atoms with E-state index >= 15 is 0 Å². The smallest absolute Gasteiger partial charge is 0.149 e. The number of hydrogen-bond donors (Lipinski definition) is 3. The second kappa shape index (κ2) is 4.98. The minimum atomic E-state index is -0.0124. The zero-order chi connectivity index (χ0) is 11.4. The molecule has 4 heteroatoms. The number of nitrogen functional groups attached to an aromatic ring is 1. The van der Waals surface area contributed by atoms with Gasteiger partial charge in [0.05, 0.1) is 18.3 Å². The first-order valence-corrected chi connectivity index (χ1v) is 5.15. The Labute approximate surface area is 90.5 Å². The second-order valence-electron chi connectivity index (χ2n) is 4.07. The predicted octanol–water partition coefficient (Wildman–Crippen LogP) is 1.40. The highest BCUT2D eigenvalue weighted by atomic mass is 16.3. The molecule has 0 aliphatic heterocycles. The van der Waals surface area contributed by atoms with Crippen LogP contribution in [0.1, 0.15) is 19.5 Å². The molecular weight excluding hydrogens is 190 g/mol. The van der Waals surface area contributed by atoms with Crippen LogP contribution in [0.3, 0.4) is 0 Å². The summed E-state index contributed by atoms with van der Waals surface area (Å²) in [4.78, 5) is 4.30. The molecule has 4 N–H and O–H groups in total. The highest BCUT2D eigenvalue weighted by molar-refractivity contribution is 5.61. The van der Waals surface area contributed by atoms with Crippen LogP contribution in [-0.2, 0) is 0 Å². The molecule has 1 aromatic rings. The molecule has 0 spiro atoms. The van der Waals surface area contributed by atoms with Crippen LogP contribution in [0.25, 0.3) is 0 Å². The van der Waals surface area contributed by atoms with Crippen molar-refractivity contribution in [2.45, 2.75) is 26.8 Å². The van der Waals surface area contributed by atoms with Gasteiger partial charge >= 0.3 is 0 Å². The maximum atomic E-state index is 9.19. The fourth-order valence-electron chi connectivity index (χ4n) is 1.28. The van der Waals surface area contributed by atoms with E-state index < -0.39 is 0 Å². The van der Waals surface area contributed by atoms with Crippen molar-refractivity contribution in [3.63, 3.8) is 0 Å². The number of aromatic nitrogens is 1. The van der Waals surface area contributed by atoms with Crippen LogP contribution in [0.15, 0.2) is 12.1 Å². The third-order valence-electron chi connectivity index (χ3n) is 2.39. The van der Waals surface area contributed by atoms with Gasteiger partial charge in [-0.2, -0.15) is 0 Å². The van der Waals surface area contributed by atoms with E-state index in [1.807, 2.05) is 32.9 Å². The van der Waals surface area contributed by atoms with Crippen molar-refractivity contribution in [2.75, 3.05) is 17.7 Å². The average Bonchev–Trinajstić information content (AvgIpc) is 2.18. The number of hydrogen-bond acceptors (Lipinski definition) is 4. The quantitative estimate of drug-likeness (QED) is 0.701. The predicted molar refractivity (Wildman–Crippen MR) is 62.7 cm³/mol. The average molecular weight is 209 g/mol. The number of aliphatic hydroxyl groups excluding tert-OH is 1. The van der Waals surface area contributed by atoms with E-state index in [9.17, 15) is 5.11 Å². The zero-order valence-electron chi connectivity index (χ0n) is 9.49. The van der Waals surface area contributed by atoms with Crippen molar-refractivity contribution in [1.29, 1.82) is 0 Å². The van der Waals surface area contributed by atoms with Crippen LogP contribution >= 0.6 is 0 Å². The monoisotopic (exact) mass is 209 g/mol. The number of aryl methyl sites for hydroxylation is 1. The molecule has 15 heavy (non-hydrogen) atoms. The Kier molecular flexibility index (Phi) is 3.91. The Morgan fingerprint density at radius 1 is 1.47 bits per heavy atom. The molecule has 0 saturated heterocycles. The molecule has 0 bridgehead atoms. The summed E-state index contributed by atoms with van der Waals surface area (Å²) in [6.07, 6.45) is 0. The fourth-order valence-corrected chi connectivity index (χ4v) is 1.28. The maximum Gasteiger partial charge on any atom is 0.149 e. The SMILES string of the molecule is Cc1ccc(N)c(N[C@H](CO)C(C)C)n1. The van der Waals surface area contributed by atoms with Gasteiger partial charge in [-0.05, 0) is 25.0 Å². The van der Waals surface area contributed by atoms with Crippen LogP contribution in [0.2, 0.25) is 0 Å². The van der Waals surface area contributed by atoms with Gasteiger partial charge in [-0.1, -0.05) is 13.8 Å². The van der Waals surface area contributed by atoms with E-state index in [-0.39, 0.29) is 12.6 Å². The van der Waals surface area contributed by atoms with E-state index in [4.69, 9.17) is 5.73 Å². The Bertz CT molecular complexity index is 326. The summed E-state index contributed by atoms with van der Waals surface area (Å²) in [7, 11) is 0. The number of nitrogens with two attached hydrogens (primary N) is 1. The van der Waals surface area contributed by atoms with Gasteiger partial charge in [0.2, 0.25) is 0 Å². The molecule has 4 nitrogen and oxygen atoms in total. The van der Waals surface area contributed by atoms with E-state index in [1.165, 1.54) is 0 Å². The number of rotatable bonds is 4. The first kappa shape index (κ1) is 11.8. The van der Waals surface area contributed by atoms with Crippen LogP contribution in [0, 0.1) is 12.8 Å². The Hall–Kier alpha value is -1.29. The van der Waals surface area contributed by atoms with Gasteiger partial charge in [-0.15, -0.1) is 0 Å². The second-order valence-corrected chi connectivity index (χ2v) is 4.07. The highest BCUT2D eigenvalue weighted by Gasteiger charge is 2.13. The first-order chi connectivity index (χ1) is 7.04. The summed E-state index contributed by atoms with van der Waals surface area (Å²) in [6, 6.07) is 3.67. The van der Waals surface area contributed by atoms with Crippen LogP contribution in [0.4, 0.5) is 11.5 Å². The Morgan fingerprint density at radius 2 is 2.13 bits per heavy atom. The van der Waals surface area contributed by atoms with E-state index in [0.717, 1.165) is 5.69 Å². The van der Waals surface area contributed by atoms with Crippen LogP contribution in [-0.4, -0.2) is 22.7 Å². The van der Waals surface area contributed by atoms with E-state index in [2.05, 4.69) is 10.3 Å². The van der Waals surface area contributed by atoms with Crippen LogP contribution < -0.4 is 11.1 Å². The van der Waals surface area contributed by atoms with Crippen molar-refractivity contribution < 1.29 is 5.11 Å². The number of nitrogens with zero attached hydrogens (tertiary/aromatic N) is 1. The minimum Gasteiger partial charge on any atom is -0.396 e. The highest BCUT2D eigenvalue weighted by Crippen LogP contribution is 2.18. The van der Waals surface area contributed by atoms with Gasteiger partial charge in [-0.3, -0.25) is 0 Å². The van der Waals surface area contributed by atoms with E-state index in [0.29, 0.717) is 17.4 Å². The van der Waals surface area contributed by atoms with Crippen molar-refractivity contribution in [3.8, 4) is 0 Å². The summed E-state index contributed by atoms with van der Waals surface area (Å²) >= 11 is 0. The summed E-state index contributed by atoms with van der Waals surface area (Å²) in [6.45, 7) is 6.07. The zero-order valence-corrected chi connectivity index (χ0v) is 9.49. The van der Waals surface area contributed by atoms with Gasteiger partial charge in [0.15, 0.2) is 0 Å². The summed E-state index contributed by atoms with van der Waals surface area (Å²) in [5.74, 6) is 0.986. The molecule has 0 saturated carbocycles. The Morgan fingerprint density at radius 3 is 2.67 bits per heavy atom. The summed E-state index contributed by atoms with van der Waals surface area (Å²) in [5, 5.41) is 12.3. The van der Waals surface area contributed by atoms with Crippen molar-refractivity contribution in [3.05, 3.63) is 17.8 Å². The molecular formula is C11H19N3O. The van der Waals surface area contributed by atoms with Gasteiger partial charge in [-0.25, -0.2) is 4.98 Å². The fraction of sp³-hybridized carbons (Fsp3) is 0.545. The molecule has 1 rings (SSSR count). The topological polar surface area (TPSA) is 71.2 Å². The van der Waals surface area contributed by atoms with Crippen LogP contribution in [0.5, 0.6) is 0 Å². The molecule has 1 atom stereocenters. The minimum absolute atomic E-state index is 0.0124. The third kappa shape index (κ3) is 3.09. The largest absolute Gasteiger partial charge is 0.396 e. The molecule has 1 heterocycles. The third-order valence-corrected chi connectivity index (χ3v) is 2.39. The van der Waals surface area contributed by atoms with Crippen molar-refractivity contribution in [2.24, 2.45) is 5.92 Å². The Balaban J connectivity index is 2.82. The number of pyridine rings is 1. The molecule has 0 unspecified atom stereocenters. The molecule has 0 aliphatic carbocycles. The lowest BCUT2D eigenvalue weighted by molar-refractivity contribution is 0.249. The normalized spacial score (nSPS) is 12.9. The molecule has 0 aromatic carbocycles.